The highest BCUT2D eigenvalue weighted by molar-refractivity contribution is 6.02. The zero-order valence-electron chi connectivity index (χ0n) is 11.5. The molecule has 0 atom stereocenters. The van der Waals surface area contributed by atoms with Crippen molar-refractivity contribution in [2.45, 2.75) is 13.3 Å². The van der Waals surface area contributed by atoms with Crippen molar-refractivity contribution in [3.05, 3.63) is 59.6 Å². The molecule has 0 spiro atoms. The van der Waals surface area contributed by atoms with Crippen molar-refractivity contribution in [3.8, 4) is 0 Å². The van der Waals surface area contributed by atoms with Gasteiger partial charge in [0.2, 0.25) is 0 Å². The minimum Gasteiger partial charge on any atom is -0.478 e. The molecule has 2 N–H and O–H groups in total. The molecule has 0 saturated heterocycles. The van der Waals surface area contributed by atoms with Crippen LogP contribution in [0.5, 0.6) is 0 Å². The molecule has 2 rings (SSSR count). The topological polar surface area (TPSA) is 79.5 Å². The molecular formula is C16H15NO4. The molecule has 0 unspecified atom stereocenters. The van der Waals surface area contributed by atoms with E-state index >= 15 is 0 Å². The number of benzene rings is 1. The highest BCUT2D eigenvalue weighted by Gasteiger charge is 2.11. The molecule has 2 aromatic rings. The Bertz CT molecular complexity index is 672. The number of carbonyl (C=O) groups excluding carboxylic acids is 1. The van der Waals surface area contributed by atoms with Crippen LogP contribution in [0, 0.1) is 0 Å². The van der Waals surface area contributed by atoms with Crippen molar-refractivity contribution in [2.24, 2.45) is 0 Å². The van der Waals surface area contributed by atoms with Crippen LogP contribution >= 0.6 is 0 Å². The molecule has 0 bridgehead atoms. The third kappa shape index (κ3) is 3.82. The van der Waals surface area contributed by atoms with Gasteiger partial charge in [0, 0.05) is 11.8 Å². The summed E-state index contributed by atoms with van der Waals surface area (Å²) in [5.41, 5.74) is 2.37. The Kier molecular flexibility index (Phi) is 4.56. The Morgan fingerprint density at radius 2 is 2.14 bits per heavy atom. The number of nitrogens with one attached hydrogen (secondary N) is 1. The van der Waals surface area contributed by atoms with E-state index in [9.17, 15) is 9.59 Å². The maximum Gasteiger partial charge on any atom is 0.328 e. The van der Waals surface area contributed by atoms with Crippen LogP contribution in [-0.2, 0) is 11.2 Å². The van der Waals surface area contributed by atoms with E-state index in [0.717, 1.165) is 17.2 Å². The van der Waals surface area contributed by atoms with E-state index in [4.69, 9.17) is 9.52 Å². The number of amides is 1. The van der Waals surface area contributed by atoms with Crippen LogP contribution in [0.3, 0.4) is 0 Å². The lowest BCUT2D eigenvalue weighted by Crippen LogP contribution is -2.12. The quantitative estimate of drug-likeness (QED) is 0.827. The maximum atomic E-state index is 11.9. The first-order chi connectivity index (χ1) is 10.1. The number of aryl methyl sites for hydroxylation is 1. The second kappa shape index (κ2) is 6.56. The van der Waals surface area contributed by atoms with Crippen molar-refractivity contribution < 1.29 is 19.1 Å². The lowest BCUT2D eigenvalue weighted by Gasteiger charge is -2.10. The molecule has 0 aliphatic rings. The lowest BCUT2D eigenvalue weighted by atomic mass is 10.1. The normalized spacial score (nSPS) is 10.7. The predicted octanol–water partition coefficient (Wildman–Crippen LogP) is 3.19. The van der Waals surface area contributed by atoms with Gasteiger partial charge in [-0.3, -0.25) is 4.79 Å². The maximum absolute atomic E-state index is 11.9. The van der Waals surface area contributed by atoms with Crippen LogP contribution in [0.4, 0.5) is 5.69 Å². The van der Waals surface area contributed by atoms with Gasteiger partial charge in [0.05, 0.1) is 6.26 Å². The van der Waals surface area contributed by atoms with Crippen molar-refractivity contribution in [3.63, 3.8) is 0 Å². The van der Waals surface area contributed by atoms with Gasteiger partial charge in [-0.25, -0.2) is 4.79 Å². The van der Waals surface area contributed by atoms with Gasteiger partial charge in [-0.1, -0.05) is 13.0 Å². The molecule has 1 amide bonds. The fourth-order valence-electron chi connectivity index (χ4n) is 1.89. The van der Waals surface area contributed by atoms with E-state index in [1.165, 1.54) is 12.3 Å². The molecule has 21 heavy (non-hydrogen) atoms. The minimum atomic E-state index is -0.997. The summed E-state index contributed by atoms with van der Waals surface area (Å²) in [4.78, 5) is 22.5. The summed E-state index contributed by atoms with van der Waals surface area (Å²) in [6, 6.07) is 8.58. The highest BCUT2D eigenvalue weighted by atomic mass is 16.4. The summed E-state index contributed by atoms with van der Waals surface area (Å²) in [6.45, 7) is 1.96. The van der Waals surface area contributed by atoms with E-state index in [-0.39, 0.29) is 11.7 Å². The van der Waals surface area contributed by atoms with E-state index in [1.807, 2.05) is 13.0 Å². The average Bonchev–Trinajstić information content (AvgIpc) is 3.00. The number of rotatable bonds is 5. The molecule has 1 heterocycles. The van der Waals surface area contributed by atoms with Gasteiger partial charge < -0.3 is 14.8 Å². The Balaban J connectivity index is 2.20. The number of furan rings is 1. The summed E-state index contributed by atoms with van der Waals surface area (Å²) in [5.74, 6) is -1.07. The van der Waals surface area contributed by atoms with E-state index < -0.39 is 5.97 Å². The summed E-state index contributed by atoms with van der Waals surface area (Å²) >= 11 is 0. The number of hydrogen-bond donors (Lipinski definition) is 2. The summed E-state index contributed by atoms with van der Waals surface area (Å²) < 4.78 is 5.04. The van der Waals surface area contributed by atoms with E-state index in [1.54, 1.807) is 24.3 Å². The first-order valence-electron chi connectivity index (χ1n) is 6.49. The minimum absolute atomic E-state index is 0.243. The number of anilines is 1. The number of carbonyl (C=O) groups is 2. The van der Waals surface area contributed by atoms with Crippen molar-refractivity contribution >= 4 is 23.6 Å². The number of carboxylic acids is 1. The van der Waals surface area contributed by atoms with Crippen LogP contribution in [0.25, 0.3) is 6.08 Å². The van der Waals surface area contributed by atoms with Crippen LogP contribution in [-0.4, -0.2) is 17.0 Å². The third-order valence-corrected chi connectivity index (χ3v) is 2.92. The van der Waals surface area contributed by atoms with Crippen LogP contribution in [0.2, 0.25) is 0 Å². The Morgan fingerprint density at radius 1 is 1.33 bits per heavy atom. The molecule has 0 saturated carbocycles. The molecule has 5 heteroatoms. The van der Waals surface area contributed by atoms with Crippen molar-refractivity contribution in [1.82, 2.24) is 0 Å². The number of aliphatic carboxylic acids is 1. The summed E-state index contributed by atoms with van der Waals surface area (Å²) in [7, 11) is 0. The number of hydrogen-bond acceptors (Lipinski definition) is 3. The molecule has 1 aromatic heterocycles. The van der Waals surface area contributed by atoms with E-state index in [0.29, 0.717) is 12.1 Å². The lowest BCUT2D eigenvalue weighted by molar-refractivity contribution is -0.131. The average molecular weight is 285 g/mol. The fourth-order valence-corrected chi connectivity index (χ4v) is 1.89. The van der Waals surface area contributed by atoms with Gasteiger partial charge in [0.25, 0.3) is 5.91 Å². The Morgan fingerprint density at radius 3 is 2.76 bits per heavy atom. The standard InChI is InChI=1S/C16H15NO4/c1-2-12-10-11(6-8-15(18)19)5-7-13(12)17-16(20)14-4-3-9-21-14/h3-10H,2H2,1H3,(H,17,20)(H,18,19)/b8-6+. The second-order valence-corrected chi connectivity index (χ2v) is 4.37. The summed E-state index contributed by atoms with van der Waals surface area (Å²) in [6.07, 6.45) is 4.74. The Labute approximate surface area is 121 Å². The number of carboxylic acid groups (broad SMARTS) is 1. The molecule has 1 aromatic carbocycles. The molecule has 0 aliphatic carbocycles. The van der Waals surface area contributed by atoms with E-state index in [2.05, 4.69) is 5.32 Å². The molecule has 0 radical (unpaired) electrons. The smallest absolute Gasteiger partial charge is 0.328 e. The van der Waals surface area contributed by atoms with Crippen molar-refractivity contribution in [2.75, 3.05) is 5.32 Å². The molecule has 0 aliphatic heterocycles. The SMILES string of the molecule is CCc1cc(/C=C/C(=O)O)ccc1NC(=O)c1ccco1. The zero-order chi connectivity index (χ0) is 15.2. The van der Waals surface area contributed by atoms with Crippen LogP contribution in [0.15, 0.2) is 47.1 Å². The first kappa shape index (κ1) is 14.6. The molecule has 0 fully saturated rings. The van der Waals surface area contributed by atoms with Gasteiger partial charge in [0.1, 0.15) is 0 Å². The van der Waals surface area contributed by atoms with Crippen LogP contribution in [0.1, 0.15) is 28.6 Å². The molecule has 5 nitrogen and oxygen atoms in total. The van der Waals surface area contributed by atoms with Crippen molar-refractivity contribution in [1.29, 1.82) is 0 Å². The Hall–Kier alpha value is -2.82. The monoisotopic (exact) mass is 285 g/mol. The van der Waals surface area contributed by atoms with Gasteiger partial charge >= 0.3 is 5.97 Å². The molecular weight excluding hydrogens is 270 g/mol. The molecule has 108 valence electrons. The van der Waals surface area contributed by atoms with Gasteiger partial charge in [0.15, 0.2) is 5.76 Å². The summed E-state index contributed by atoms with van der Waals surface area (Å²) in [5, 5.41) is 11.4. The zero-order valence-corrected chi connectivity index (χ0v) is 11.5. The van der Waals surface area contributed by atoms with Gasteiger partial charge in [-0.2, -0.15) is 0 Å². The first-order valence-corrected chi connectivity index (χ1v) is 6.49. The van der Waals surface area contributed by atoms with Crippen LogP contribution < -0.4 is 5.32 Å². The van der Waals surface area contributed by atoms with Gasteiger partial charge in [-0.05, 0) is 47.9 Å². The second-order valence-electron chi connectivity index (χ2n) is 4.37. The largest absolute Gasteiger partial charge is 0.478 e. The fraction of sp³-hybridized carbons (Fsp3) is 0.125. The predicted molar refractivity (Wildman–Crippen MR) is 79.2 cm³/mol. The third-order valence-electron chi connectivity index (χ3n) is 2.92. The highest BCUT2D eigenvalue weighted by Crippen LogP contribution is 2.20. The van der Waals surface area contributed by atoms with Gasteiger partial charge in [-0.15, -0.1) is 0 Å².